The summed E-state index contributed by atoms with van der Waals surface area (Å²) in [7, 11) is 1.76. The minimum absolute atomic E-state index is 0.0335. The first kappa shape index (κ1) is 15.3. The maximum absolute atomic E-state index is 6.05. The van der Waals surface area contributed by atoms with Crippen molar-refractivity contribution < 1.29 is 15.2 Å². The Bertz CT molecular complexity index is 444. The van der Waals surface area contributed by atoms with Gasteiger partial charge in [0.25, 0.3) is 0 Å². The number of rotatable bonds is 5. The lowest BCUT2D eigenvalue weighted by Crippen LogP contribution is -2.55. The third kappa shape index (κ3) is 2.84. The van der Waals surface area contributed by atoms with E-state index in [1.54, 1.807) is 7.11 Å². The average molecular weight is 278 g/mol. The summed E-state index contributed by atoms with van der Waals surface area (Å²) in [6, 6.07) is 8.44. The molecule has 1 aliphatic rings. The number of hydrogen-bond acceptors (Lipinski definition) is 2. The summed E-state index contributed by atoms with van der Waals surface area (Å²) in [4.78, 5) is 0. The molecule has 0 radical (unpaired) electrons. The fourth-order valence-corrected chi connectivity index (χ4v) is 3.57. The molecule has 3 N–H and O–H groups in total. The molecule has 1 fully saturated rings. The van der Waals surface area contributed by atoms with Crippen molar-refractivity contribution in [1.29, 1.82) is 0 Å². The predicted molar refractivity (Wildman–Crippen MR) is 80.9 cm³/mol. The fourth-order valence-electron chi connectivity index (χ4n) is 3.57. The molecule has 1 saturated heterocycles. The minimum Gasteiger partial charge on any atom is -0.496 e. The van der Waals surface area contributed by atoms with Crippen molar-refractivity contribution in [3.8, 4) is 5.75 Å². The molecule has 0 aliphatic carbocycles. The molecule has 0 spiro atoms. The molecular weight excluding hydrogens is 250 g/mol. The molecule has 1 aromatic rings. The molecule has 0 unspecified atom stereocenters. The summed E-state index contributed by atoms with van der Waals surface area (Å²) in [5, 5.41) is 0. The molecule has 2 rings (SSSR count). The first-order valence-corrected chi connectivity index (χ1v) is 7.66. The van der Waals surface area contributed by atoms with E-state index in [2.05, 4.69) is 37.8 Å². The molecule has 20 heavy (non-hydrogen) atoms. The van der Waals surface area contributed by atoms with Crippen molar-refractivity contribution in [2.75, 3.05) is 20.3 Å². The third-order valence-electron chi connectivity index (χ3n) is 4.83. The van der Waals surface area contributed by atoms with E-state index in [1.165, 1.54) is 5.56 Å². The minimum atomic E-state index is -0.0335. The van der Waals surface area contributed by atoms with Gasteiger partial charge in [0.15, 0.2) is 0 Å². The summed E-state index contributed by atoms with van der Waals surface area (Å²) in [6.07, 6.45) is 4.23. The molecule has 1 aliphatic heterocycles. The summed E-state index contributed by atoms with van der Waals surface area (Å²) in [5.41, 5.74) is 5.53. The van der Waals surface area contributed by atoms with Crippen LogP contribution in [-0.4, -0.2) is 25.9 Å². The number of hydrogen-bond donors (Lipinski definition) is 1. The van der Waals surface area contributed by atoms with E-state index in [1.807, 2.05) is 6.07 Å². The number of para-hydroxylation sites is 1. The van der Waals surface area contributed by atoms with Crippen molar-refractivity contribution in [2.24, 2.45) is 0 Å². The van der Waals surface area contributed by atoms with Crippen LogP contribution in [0.4, 0.5) is 0 Å². The second kappa shape index (κ2) is 6.15. The van der Waals surface area contributed by atoms with E-state index in [-0.39, 0.29) is 11.0 Å². The van der Waals surface area contributed by atoms with E-state index in [9.17, 15) is 0 Å². The Hall–Kier alpha value is -1.06. The number of methoxy groups -OCH3 is 1. The van der Waals surface area contributed by atoms with E-state index in [0.29, 0.717) is 0 Å². The maximum atomic E-state index is 6.05. The molecule has 0 saturated carbocycles. The highest BCUT2D eigenvalue weighted by molar-refractivity contribution is 5.40. The van der Waals surface area contributed by atoms with Crippen molar-refractivity contribution in [3.63, 3.8) is 0 Å². The zero-order chi connectivity index (χ0) is 14.6. The summed E-state index contributed by atoms with van der Waals surface area (Å²) < 4.78 is 11.7. The van der Waals surface area contributed by atoms with Crippen LogP contribution in [0.25, 0.3) is 0 Å². The van der Waals surface area contributed by atoms with Crippen molar-refractivity contribution >= 4 is 0 Å². The second-order valence-corrected chi connectivity index (χ2v) is 6.16. The Labute approximate surface area is 122 Å². The topological polar surface area (TPSA) is 46.1 Å². The highest BCUT2D eigenvalue weighted by Crippen LogP contribution is 2.47. The third-order valence-corrected chi connectivity index (χ3v) is 4.83. The maximum Gasteiger partial charge on any atom is 0.122 e. The van der Waals surface area contributed by atoms with Crippen molar-refractivity contribution in [1.82, 2.24) is 0 Å². The Morgan fingerprint density at radius 1 is 1.35 bits per heavy atom. The Morgan fingerprint density at radius 2 is 2.10 bits per heavy atom. The monoisotopic (exact) mass is 278 g/mol. The Morgan fingerprint density at radius 3 is 2.75 bits per heavy atom. The summed E-state index contributed by atoms with van der Waals surface area (Å²) in [6.45, 7) is 6.21. The van der Waals surface area contributed by atoms with E-state index < -0.39 is 0 Å². The quantitative estimate of drug-likeness (QED) is 0.899. The Balaban J connectivity index is 2.43. The molecule has 1 aromatic carbocycles. The normalized spacial score (nSPS) is 30.2. The van der Waals surface area contributed by atoms with Crippen LogP contribution in [0.5, 0.6) is 5.75 Å². The van der Waals surface area contributed by atoms with Crippen LogP contribution in [0, 0.1) is 0 Å². The van der Waals surface area contributed by atoms with Gasteiger partial charge in [0.1, 0.15) is 5.75 Å². The molecule has 1 heterocycles. The van der Waals surface area contributed by atoms with Gasteiger partial charge in [-0.3, -0.25) is 0 Å². The van der Waals surface area contributed by atoms with Gasteiger partial charge >= 0.3 is 0 Å². The number of ether oxygens (including phenoxy) is 2. The predicted octanol–water partition coefficient (Wildman–Crippen LogP) is 2.54. The summed E-state index contributed by atoms with van der Waals surface area (Å²) >= 11 is 0. The molecule has 112 valence electrons. The highest BCUT2D eigenvalue weighted by atomic mass is 16.5. The van der Waals surface area contributed by atoms with Crippen LogP contribution in [0.15, 0.2) is 24.3 Å². The van der Waals surface area contributed by atoms with Gasteiger partial charge in [-0.15, -0.1) is 0 Å². The van der Waals surface area contributed by atoms with Crippen LogP contribution in [-0.2, 0) is 10.2 Å². The lowest BCUT2D eigenvalue weighted by atomic mass is 9.66. The van der Waals surface area contributed by atoms with Crippen molar-refractivity contribution in [3.05, 3.63) is 29.8 Å². The van der Waals surface area contributed by atoms with Gasteiger partial charge in [-0.05, 0) is 32.3 Å². The van der Waals surface area contributed by atoms with Gasteiger partial charge in [-0.1, -0.05) is 25.1 Å². The fraction of sp³-hybridized carbons (Fsp3) is 0.647. The second-order valence-electron chi connectivity index (χ2n) is 6.16. The summed E-state index contributed by atoms with van der Waals surface area (Å²) in [5.74, 6) is 1.00. The zero-order valence-electron chi connectivity index (χ0n) is 13.1. The lowest BCUT2D eigenvalue weighted by Gasteiger charge is -2.46. The molecule has 0 aromatic heterocycles. The van der Waals surface area contributed by atoms with Gasteiger partial charge < -0.3 is 15.2 Å². The van der Waals surface area contributed by atoms with Crippen LogP contribution in [0.2, 0.25) is 0 Å². The highest BCUT2D eigenvalue weighted by Gasteiger charge is 2.44. The first-order chi connectivity index (χ1) is 9.59. The number of benzene rings is 1. The Kier molecular flexibility index (Phi) is 4.71. The standard InChI is InChI=1S/C17H27NO2/c1-4-16(2)13-17(9-11-18,10-12-20-16)14-7-5-6-8-15(14)19-3/h5-8H,4,9-13,18H2,1-3H3/p+1/t16-,17+/m0/s1. The first-order valence-electron chi connectivity index (χ1n) is 7.66. The van der Waals surface area contributed by atoms with Gasteiger partial charge in [-0.2, -0.15) is 0 Å². The smallest absolute Gasteiger partial charge is 0.122 e. The molecule has 0 amide bonds. The molecule has 2 atom stereocenters. The lowest BCUT2D eigenvalue weighted by molar-refractivity contribution is -0.372. The molecule has 3 nitrogen and oxygen atoms in total. The SMILES string of the molecule is CC[C@@]1(C)C[C@](CC[NH3+])(c2ccccc2OC)CCO1. The van der Waals surface area contributed by atoms with Crippen molar-refractivity contribution in [2.45, 2.75) is 50.5 Å². The zero-order valence-corrected chi connectivity index (χ0v) is 13.1. The van der Waals surface area contributed by atoms with E-state index in [0.717, 1.165) is 44.6 Å². The van der Waals surface area contributed by atoms with Gasteiger partial charge in [0, 0.05) is 24.0 Å². The van der Waals surface area contributed by atoms with Crippen LogP contribution in [0.3, 0.4) is 0 Å². The van der Waals surface area contributed by atoms with Gasteiger partial charge in [0.2, 0.25) is 0 Å². The van der Waals surface area contributed by atoms with E-state index >= 15 is 0 Å². The van der Waals surface area contributed by atoms with Crippen LogP contribution in [0.1, 0.15) is 45.1 Å². The van der Waals surface area contributed by atoms with Gasteiger partial charge in [-0.25, -0.2) is 0 Å². The largest absolute Gasteiger partial charge is 0.496 e. The van der Waals surface area contributed by atoms with Crippen LogP contribution >= 0.6 is 0 Å². The van der Waals surface area contributed by atoms with Gasteiger partial charge in [0.05, 0.1) is 19.3 Å². The average Bonchev–Trinajstić information content (AvgIpc) is 2.47. The number of quaternary nitrogens is 1. The van der Waals surface area contributed by atoms with E-state index in [4.69, 9.17) is 9.47 Å². The van der Waals surface area contributed by atoms with Crippen LogP contribution < -0.4 is 10.5 Å². The molecular formula is C17H28NO2+. The molecule has 0 bridgehead atoms. The molecule has 3 heteroatoms.